The van der Waals surface area contributed by atoms with Gasteiger partial charge in [0.25, 0.3) is 5.91 Å². The average molecular weight is 248 g/mol. The lowest BCUT2D eigenvalue weighted by atomic mass is 10.1. The minimum absolute atomic E-state index is 0.0430. The third-order valence-electron chi connectivity index (χ3n) is 3.11. The molecule has 0 fully saturated rings. The molecule has 0 bridgehead atoms. The summed E-state index contributed by atoms with van der Waals surface area (Å²) in [5.74, 6) is 0.343. The molecule has 1 aromatic carbocycles. The highest BCUT2D eigenvalue weighted by atomic mass is 16.5. The van der Waals surface area contributed by atoms with E-state index in [0.29, 0.717) is 18.0 Å². The first kappa shape index (κ1) is 12.6. The number of carbonyl (C=O) groups is 2. The van der Waals surface area contributed by atoms with E-state index in [9.17, 15) is 9.59 Å². The highest BCUT2D eigenvalue weighted by molar-refractivity contribution is 6.03. The van der Waals surface area contributed by atoms with E-state index in [0.717, 1.165) is 5.56 Å². The van der Waals surface area contributed by atoms with Crippen molar-refractivity contribution in [2.24, 2.45) is 5.73 Å². The number of ether oxygens (including phenoxy) is 1. The van der Waals surface area contributed by atoms with Crippen LogP contribution in [0.15, 0.2) is 18.2 Å². The van der Waals surface area contributed by atoms with Crippen molar-refractivity contribution in [1.82, 2.24) is 0 Å². The molecule has 0 spiro atoms. The number of carbonyl (C=O) groups excluding carboxylic acids is 2. The third-order valence-corrected chi connectivity index (χ3v) is 3.11. The summed E-state index contributed by atoms with van der Waals surface area (Å²) in [7, 11) is 0. The van der Waals surface area contributed by atoms with E-state index in [-0.39, 0.29) is 18.3 Å². The molecule has 0 saturated heterocycles. The quantitative estimate of drug-likeness (QED) is 0.860. The van der Waals surface area contributed by atoms with Crippen molar-refractivity contribution in [3.05, 3.63) is 23.8 Å². The topological polar surface area (TPSA) is 72.6 Å². The molecule has 1 aliphatic heterocycles. The van der Waals surface area contributed by atoms with Gasteiger partial charge in [-0.3, -0.25) is 14.5 Å². The largest absolute Gasteiger partial charge is 0.482 e. The maximum absolute atomic E-state index is 11.9. The number of nitrogens with two attached hydrogens (primary N) is 1. The Kier molecular flexibility index (Phi) is 3.34. The second kappa shape index (κ2) is 4.78. The lowest BCUT2D eigenvalue weighted by molar-refractivity contribution is -0.125. The van der Waals surface area contributed by atoms with Gasteiger partial charge in [-0.05, 0) is 31.5 Å². The van der Waals surface area contributed by atoms with Crippen molar-refractivity contribution < 1.29 is 14.3 Å². The molecule has 96 valence electrons. The van der Waals surface area contributed by atoms with Gasteiger partial charge in [-0.25, -0.2) is 0 Å². The van der Waals surface area contributed by atoms with Crippen LogP contribution in [-0.2, 0) is 16.1 Å². The van der Waals surface area contributed by atoms with Gasteiger partial charge in [0, 0.05) is 6.54 Å². The molecule has 2 rings (SSSR count). The standard InChI is InChI=1S/C13H16N2O3/c1-8(9(2)16)15-11-4-3-10(6-14)5-12(11)18-7-13(15)17/h3-5,8H,6-7,14H2,1-2H3. The second-order valence-corrected chi connectivity index (χ2v) is 4.35. The Hall–Kier alpha value is -1.88. The van der Waals surface area contributed by atoms with Gasteiger partial charge in [-0.15, -0.1) is 0 Å². The number of rotatable bonds is 3. The van der Waals surface area contributed by atoms with Crippen molar-refractivity contribution in [2.75, 3.05) is 11.5 Å². The molecule has 1 aliphatic rings. The Bertz CT molecular complexity index is 499. The number of hydrogen-bond donors (Lipinski definition) is 1. The van der Waals surface area contributed by atoms with Crippen molar-refractivity contribution in [2.45, 2.75) is 26.4 Å². The molecule has 1 unspecified atom stereocenters. The smallest absolute Gasteiger partial charge is 0.265 e. The molecular weight excluding hydrogens is 232 g/mol. The van der Waals surface area contributed by atoms with Crippen LogP contribution in [0.1, 0.15) is 19.4 Å². The van der Waals surface area contributed by atoms with Crippen molar-refractivity contribution in [3.63, 3.8) is 0 Å². The monoisotopic (exact) mass is 248 g/mol. The number of anilines is 1. The number of hydrogen-bond acceptors (Lipinski definition) is 4. The number of ketones is 1. The molecule has 0 aliphatic carbocycles. The summed E-state index contributed by atoms with van der Waals surface area (Å²) in [5.41, 5.74) is 7.12. The van der Waals surface area contributed by atoms with E-state index >= 15 is 0 Å². The van der Waals surface area contributed by atoms with E-state index in [4.69, 9.17) is 10.5 Å². The number of benzene rings is 1. The first-order chi connectivity index (χ1) is 8.54. The van der Waals surface area contributed by atoms with Crippen molar-refractivity contribution in [1.29, 1.82) is 0 Å². The molecule has 5 nitrogen and oxygen atoms in total. The first-order valence-corrected chi connectivity index (χ1v) is 5.83. The Morgan fingerprint density at radius 3 is 2.89 bits per heavy atom. The molecule has 1 aromatic rings. The summed E-state index contributed by atoms with van der Waals surface area (Å²) in [5, 5.41) is 0. The summed E-state index contributed by atoms with van der Waals surface area (Å²) in [6.45, 7) is 3.55. The summed E-state index contributed by atoms with van der Waals surface area (Å²) in [6, 6.07) is 4.93. The minimum Gasteiger partial charge on any atom is -0.482 e. The van der Waals surface area contributed by atoms with Gasteiger partial charge < -0.3 is 10.5 Å². The van der Waals surface area contributed by atoms with E-state index in [1.165, 1.54) is 11.8 Å². The molecule has 1 heterocycles. The van der Waals surface area contributed by atoms with Gasteiger partial charge in [-0.1, -0.05) is 6.07 Å². The van der Waals surface area contributed by atoms with E-state index in [1.807, 2.05) is 12.1 Å². The molecule has 18 heavy (non-hydrogen) atoms. The summed E-state index contributed by atoms with van der Waals surface area (Å²) < 4.78 is 5.38. The van der Waals surface area contributed by atoms with Gasteiger partial charge in [0.1, 0.15) is 5.75 Å². The van der Waals surface area contributed by atoms with Crippen LogP contribution in [0.3, 0.4) is 0 Å². The molecule has 1 atom stereocenters. The van der Waals surface area contributed by atoms with Gasteiger partial charge in [0.15, 0.2) is 12.4 Å². The Labute approximate surface area is 106 Å². The second-order valence-electron chi connectivity index (χ2n) is 4.35. The van der Waals surface area contributed by atoms with E-state index < -0.39 is 6.04 Å². The number of fused-ring (bicyclic) bond motifs is 1. The van der Waals surface area contributed by atoms with Crippen molar-refractivity contribution in [3.8, 4) is 5.75 Å². The SMILES string of the molecule is CC(=O)C(C)N1C(=O)COc2cc(CN)ccc21. The fourth-order valence-electron chi connectivity index (χ4n) is 1.95. The summed E-state index contributed by atoms with van der Waals surface area (Å²) in [4.78, 5) is 24.8. The zero-order valence-corrected chi connectivity index (χ0v) is 10.5. The van der Waals surface area contributed by atoms with Crippen molar-refractivity contribution >= 4 is 17.4 Å². The average Bonchev–Trinajstić information content (AvgIpc) is 2.37. The highest BCUT2D eigenvalue weighted by Gasteiger charge is 2.31. The molecule has 2 N–H and O–H groups in total. The maximum atomic E-state index is 11.9. The van der Waals surface area contributed by atoms with Gasteiger partial charge in [0.2, 0.25) is 0 Å². The van der Waals surface area contributed by atoms with E-state index in [1.54, 1.807) is 13.0 Å². The molecular formula is C13H16N2O3. The fourth-order valence-corrected chi connectivity index (χ4v) is 1.95. The predicted molar refractivity (Wildman–Crippen MR) is 67.5 cm³/mol. The van der Waals surface area contributed by atoms with Crippen LogP contribution in [0.4, 0.5) is 5.69 Å². The van der Waals surface area contributed by atoms with Gasteiger partial charge >= 0.3 is 0 Å². The van der Waals surface area contributed by atoms with Crippen LogP contribution in [0.2, 0.25) is 0 Å². The van der Waals surface area contributed by atoms with Crippen LogP contribution in [0.25, 0.3) is 0 Å². The van der Waals surface area contributed by atoms with Crippen LogP contribution in [0, 0.1) is 0 Å². The zero-order valence-electron chi connectivity index (χ0n) is 10.5. The molecule has 0 aromatic heterocycles. The maximum Gasteiger partial charge on any atom is 0.265 e. The van der Waals surface area contributed by atoms with Crippen LogP contribution in [0.5, 0.6) is 5.75 Å². The first-order valence-electron chi connectivity index (χ1n) is 5.83. The summed E-state index contributed by atoms with van der Waals surface area (Å²) in [6.07, 6.45) is 0. The molecule has 1 amide bonds. The Morgan fingerprint density at radius 1 is 1.56 bits per heavy atom. The van der Waals surface area contributed by atoms with Gasteiger partial charge in [0.05, 0.1) is 11.7 Å². The normalized spacial score (nSPS) is 15.9. The lowest BCUT2D eigenvalue weighted by Crippen LogP contribution is -2.47. The van der Waals surface area contributed by atoms with Crippen LogP contribution >= 0.6 is 0 Å². The molecule has 0 radical (unpaired) electrons. The fraction of sp³-hybridized carbons (Fsp3) is 0.385. The lowest BCUT2D eigenvalue weighted by Gasteiger charge is -2.33. The predicted octanol–water partition coefficient (Wildman–Crippen LogP) is 0.848. The van der Waals surface area contributed by atoms with Crippen LogP contribution < -0.4 is 15.4 Å². The number of nitrogens with zero attached hydrogens (tertiary/aromatic N) is 1. The Morgan fingerprint density at radius 2 is 2.28 bits per heavy atom. The van der Waals surface area contributed by atoms with Crippen LogP contribution in [-0.4, -0.2) is 24.3 Å². The molecule has 0 saturated carbocycles. The third kappa shape index (κ3) is 2.09. The summed E-state index contributed by atoms with van der Waals surface area (Å²) >= 11 is 0. The number of Topliss-reactive ketones (excluding diaryl/α,β-unsaturated/α-hetero) is 1. The number of amides is 1. The molecule has 5 heteroatoms. The van der Waals surface area contributed by atoms with Gasteiger partial charge in [-0.2, -0.15) is 0 Å². The zero-order chi connectivity index (χ0) is 13.3. The Balaban J connectivity index is 2.44. The minimum atomic E-state index is -0.483. The highest BCUT2D eigenvalue weighted by Crippen LogP contribution is 2.34. The van der Waals surface area contributed by atoms with E-state index in [2.05, 4.69) is 0 Å².